The van der Waals surface area contributed by atoms with Crippen LogP contribution in [-0.4, -0.2) is 11.0 Å². The molecule has 2 atom stereocenters. The third-order valence-corrected chi connectivity index (χ3v) is 3.72. The zero-order valence-corrected chi connectivity index (χ0v) is 10.1. The maximum Gasteiger partial charge on any atom is 0.0956 e. The lowest BCUT2D eigenvalue weighted by atomic mass is 10.1. The molecule has 0 aliphatic rings. The third-order valence-electron chi connectivity index (χ3n) is 2.60. The van der Waals surface area contributed by atoms with Crippen molar-refractivity contribution in [1.82, 2.24) is 4.98 Å². The summed E-state index contributed by atoms with van der Waals surface area (Å²) < 4.78 is 0. The van der Waals surface area contributed by atoms with E-state index in [1.54, 1.807) is 11.3 Å². The standard InChI is InChI=1S/C11H20N2S/c1-4-8(3)11-13-10(7-14-11)6-9(12)5-2/h7-9H,4-6,12H2,1-3H3. The fourth-order valence-corrected chi connectivity index (χ4v) is 2.20. The first-order chi connectivity index (χ1) is 6.67. The fourth-order valence-electron chi connectivity index (χ4n) is 1.23. The molecule has 0 radical (unpaired) electrons. The largest absolute Gasteiger partial charge is 0.327 e. The lowest BCUT2D eigenvalue weighted by molar-refractivity contribution is 0.634. The molecule has 1 aromatic heterocycles. The Labute approximate surface area is 90.6 Å². The number of thiazole rings is 1. The third kappa shape index (κ3) is 3.07. The van der Waals surface area contributed by atoms with Crippen molar-refractivity contribution in [1.29, 1.82) is 0 Å². The highest BCUT2D eigenvalue weighted by molar-refractivity contribution is 7.09. The Morgan fingerprint density at radius 3 is 2.71 bits per heavy atom. The lowest BCUT2D eigenvalue weighted by Gasteiger charge is -2.05. The number of nitrogens with zero attached hydrogens (tertiary/aromatic N) is 1. The highest BCUT2D eigenvalue weighted by atomic mass is 32.1. The molecule has 2 N–H and O–H groups in total. The molecule has 2 unspecified atom stereocenters. The minimum Gasteiger partial charge on any atom is -0.327 e. The van der Waals surface area contributed by atoms with E-state index in [4.69, 9.17) is 5.73 Å². The average Bonchev–Trinajstić information content (AvgIpc) is 2.65. The highest BCUT2D eigenvalue weighted by Gasteiger charge is 2.10. The molecular weight excluding hydrogens is 192 g/mol. The van der Waals surface area contributed by atoms with Gasteiger partial charge in [0, 0.05) is 23.8 Å². The van der Waals surface area contributed by atoms with E-state index in [2.05, 4.69) is 31.1 Å². The zero-order chi connectivity index (χ0) is 10.6. The van der Waals surface area contributed by atoms with Crippen molar-refractivity contribution in [3.8, 4) is 0 Å². The van der Waals surface area contributed by atoms with Gasteiger partial charge in [-0.05, 0) is 12.8 Å². The molecule has 14 heavy (non-hydrogen) atoms. The molecule has 0 saturated carbocycles. The minimum absolute atomic E-state index is 0.266. The van der Waals surface area contributed by atoms with E-state index in [0.29, 0.717) is 5.92 Å². The molecule has 3 heteroatoms. The molecule has 0 saturated heterocycles. The summed E-state index contributed by atoms with van der Waals surface area (Å²) in [7, 11) is 0. The minimum atomic E-state index is 0.266. The molecule has 0 spiro atoms. The van der Waals surface area contributed by atoms with Crippen molar-refractivity contribution in [3.63, 3.8) is 0 Å². The fraction of sp³-hybridized carbons (Fsp3) is 0.727. The lowest BCUT2D eigenvalue weighted by Crippen LogP contribution is -2.21. The van der Waals surface area contributed by atoms with Gasteiger partial charge >= 0.3 is 0 Å². The van der Waals surface area contributed by atoms with Crippen LogP contribution in [0.1, 0.15) is 50.2 Å². The predicted molar refractivity (Wildman–Crippen MR) is 62.8 cm³/mol. The molecule has 0 fully saturated rings. The van der Waals surface area contributed by atoms with Gasteiger partial charge in [0.15, 0.2) is 0 Å². The first kappa shape index (κ1) is 11.7. The van der Waals surface area contributed by atoms with Crippen LogP contribution in [0.15, 0.2) is 5.38 Å². The number of rotatable bonds is 5. The molecule has 1 aromatic rings. The van der Waals surface area contributed by atoms with Crippen molar-refractivity contribution in [2.24, 2.45) is 5.73 Å². The Morgan fingerprint density at radius 2 is 2.14 bits per heavy atom. The molecule has 1 rings (SSSR count). The van der Waals surface area contributed by atoms with Crippen LogP contribution < -0.4 is 5.73 Å². The van der Waals surface area contributed by atoms with Crippen LogP contribution in [0.5, 0.6) is 0 Å². The molecule has 1 heterocycles. The van der Waals surface area contributed by atoms with Crippen LogP contribution in [0.25, 0.3) is 0 Å². The van der Waals surface area contributed by atoms with Crippen molar-refractivity contribution in [3.05, 3.63) is 16.1 Å². The first-order valence-electron chi connectivity index (χ1n) is 5.37. The summed E-state index contributed by atoms with van der Waals surface area (Å²) in [6.45, 7) is 6.54. The second-order valence-corrected chi connectivity index (χ2v) is 4.75. The van der Waals surface area contributed by atoms with Gasteiger partial charge in [-0.2, -0.15) is 0 Å². The zero-order valence-electron chi connectivity index (χ0n) is 9.29. The smallest absolute Gasteiger partial charge is 0.0956 e. The van der Waals surface area contributed by atoms with Crippen molar-refractivity contribution in [2.45, 2.75) is 52.0 Å². The van der Waals surface area contributed by atoms with Gasteiger partial charge in [0.2, 0.25) is 0 Å². The molecular formula is C11H20N2S. The van der Waals surface area contributed by atoms with Crippen LogP contribution >= 0.6 is 11.3 Å². The van der Waals surface area contributed by atoms with E-state index in [1.807, 2.05) is 0 Å². The summed E-state index contributed by atoms with van der Waals surface area (Å²) in [6.07, 6.45) is 3.10. The molecule has 0 aliphatic heterocycles. The van der Waals surface area contributed by atoms with E-state index < -0.39 is 0 Å². The number of hydrogen-bond donors (Lipinski definition) is 1. The van der Waals surface area contributed by atoms with E-state index in [1.165, 1.54) is 10.7 Å². The van der Waals surface area contributed by atoms with Gasteiger partial charge in [-0.25, -0.2) is 4.98 Å². The number of nitrogens with two attached hydrogens (primary N) is 1. The molecule has 2 nitrogen and oxygen atoms in total. The quantitative estimate of drug-likeness (QED) is 0.815. The molecule has 0 bridgehead atoms. The average molecular weight is 212 g/mol. The van der Waals surface area contributed by atoms with Crippen LogP contribution in [0.4, 0.5) is 0 Å². The number of aromatic nitrogens is 1. The Balaban J connectivity index is 2.59. The van der Waals surface area contributed by atoms with Crippen LogP contribution in [-0.2, 0) is 6.42 Å². The normalized spacial score (nSPS) is 15.4. The summed E-state index contributed by atoms with van der Waals surface area (Å²) in [6, 6.07) is 0.266. The van der Waals surface area contributed by atoms with Crippen LogP contribution in [0, 0.1) is 0 Å². The second kappa shape index (κ2) is 5.47. The van der Waals surface area contributed by atoms with Gasteiger partial charge in [0.25, 0.3) is 0 Å². The van der Waals surface area contributed by atoms with E-state index in [9.17, 15) is 0 Å². The van der Waals surface area contributed by atoms with E-state index in [-0.39, 0.29) is 6.04 Å². The summed E-state index contributed by atoms with van der Waals surface area (Å²) in [5.74, 6) is 0.589. The van der Waals surface area contributed by atoms with E-state index >= 15 is 0 Å². The second-order valence-electron chi connectivity index (χ2n) is 3.86. The predicted octanol–water partition coefficient (Wildman–Crippen LogP) is 2.94. The van der Waals surface area contributed by atoms with Crippen LogP contribution in [0.2, 0.25) is 0 Å². The maximum atomic E-state index is 5.89. The number of hydrogen-bond acceptors (Lipinski definition) is 3. The first-order valence-corrected chi connectivity index (χ1v) is 6.25. The topological polar surface area (TPSA) is 38.9 Å². The molecule has 0 aromatic carbocycles. The molecule has 0 amide bonds. The van der Waals surface area contributed by atoms with Crippen molar-refractivity contribution < 1.29 is 0 Å². The van der Waals surface area contributed by atoms with Crippen molar-refractivity contribution in [2.75, 3.05) is 0 Å². The Bertz CT molecular complexity index is 270. The van der Waals surface area contributed by atoms with E-state index in [0.717, 1.165) is 19.3 Å². The maximum absolute atomic E-state index is 5.89. The summed E-state index contributed by atoms with van der Waals surface area (Å²) >= 11 is 1.77. The monoisotopic (exact) mass is 212 g/mol. The van der Waals surface area contributed by atoms with Gasteiger partial charge in [0.1, 0.15) is 0 Å². The van der Waals surface area contributed by atoms with Gasteiger partial charge < -0.3 is 5.73 Å². The molecule has 0 aliphatic carbocycles. The van der Waals surface area contributed by atoms with Gasteiger partial charge in [0.05, 0.1) is 10.7 Å². The van der Waals surface area contributed by atoms with Crippen LogP contribution in [0.3, 0.4) is 0 Å². The molecule has 80 valence electrons. The SMILES string of the molecule is CCC(N)Cc1csc(C(C)CC)n1. The Kier molecular flexibility index (Phi) is 4.55. The Morgan fingerprint density at radius 1 is 1.43 bits per heavy atom. The summed E-state index contributed by atoms with van der Waals surface area (Å²) in [4.78, 5) is 4.61. The van der Waals surface area contributed by atoms with Crippen molar-refractivity contribution >= 4 is 11.3 Å². The Hall–Kier alpha value is -0.410. The van der Waals surface area contributed by atoms with Gasteiger partial charge in [-0.3, -0.25) is 0 Å². The summed E-state index contributed by atoms with van der Waals surface area (Å²) in [5.41, 5.74) is 7.05. The van der Waals surface area contributed by atoms with Gasteiger partial charge in [-0.1, -0.05) is 20.8 Å². The highest BCUT2D eigenvalue weighted by Crippen LogP contribution is 2.22. The summed E-state index contributed by atoms with van der Waals surface area (Å²) in [5, 5.41) is 3.41. The van der Waals surface area contributed by atoms with Gasteiger partial charge in [-0.15, -0.1) is 11.3 Å².